The van der Waals surface area contributed by atoms with Gasteiger partial charge in [-0.25, -0.2) is 0 Å². The molecule has 100 valence electrons. The summed E-state index contributed by atoms with van der Waals surface area (Å²) in [5.41, 5.74) is 0. The molecule has 0 unspecified atom stereocenters. The Morgan fingerprint density at radius 3 is 2.44 bits per heavy atom. The molecule has 0 atom stereocenters. The second kappa shape index (κ2) is 10.9. The third-order valence-electron chi connectivity index (χ3n) is 2.04. The van der Waals surface area contributed by atoms with Crippen molar-refractivity contribution in [3.63, 3.8) is 0 Å². The third kappa shape index (κ3) is 7.16. The van der Waals surface area contributed by atoms with Crippen LogP contribution in [0, 0.1) is 0 Å². The lowest BCUT2D eigenvalue weighted by atomic mass is 10.3. The van der Waals surface area contributed by atoms with Crippen LogP contribution >= 0.6 is 24.0 Å². The zero-order chi connectivity index (χ0) is 12.3. The molecule has 5 heteroatoms. The van der Waals surface area contributed by atoms with Crippen LogP contribution in [0.5, 0.6) is 0 Å². The molecule has 0 aliphatic heterocycles. The minimum absolute atomic E-state index is 0. The van der Waals surface area contributed by atoms with Gasteiger partial charge in [-0.2, -0.15) is 0 Å². The van der Waals surface area contributed by atoms with Crippen LogP contribution in [0.15, 0.2) is 53.1 Å². The molecule has 2 N–H and O–H groups in total. The molecule has 0 spiro atoms. The Hall–Kier alpha value is -1.24. The molecule has 18 heavy (non-hydrogen) atoms. The molecule has 1 aromatic heterocycles. The van der Waals surface area contributed by atoms with Gasteiger partial charge in [0.05, 0.1) is 6.26 Å². The lowest BCUT2D eigenvalue weighted by Gasteiger charge is -2.09. The molecule has 0 amide bonds. The topological polar surface area (TPSA) is 49.6 Å². The summed E-state index contributed by atoms with van der Waals surface area (Å²) in [6.45, 7) is 9.35. The molecule has 0 bridgehead atoms. The van der Waals surface area contributed by atoms with E-state index in [9.17, 15) is 0 Å². The molecule has 0 saturated carbocycles. The third-order valence-corrected chi connectivity index (χ3v) is 2.04. The Balaban J connectivity index is 0.00000289. The molecule has 0 radical (unpaired) electrons. The number of aliphatic imine (C=N–C) groups is 1. The first-order valence-corrected chi connectivity index (χ1v) is 5.63. The van der Waals surface area contributed by atoms with Gasteiger partial charge in [-0.1, -0.05) is 12.2 Å². The molecule has 4 nitrogen and oxygen atoms in total. The molecule has 1 heterocycles. The molecule has 1 aromatic rings. The number of nitrogens with one attached hydrogen (secondary N) is 2. The van der Waals surface area contributed by atoms with Crippen molar-refractivity contribution in [2.75, 3.05) is 19.6 Å². The highest BCUT2D eigenvalue weighted by atomic mass is 127. The van der Waals surface area contributed by atoms with E-state index in [0.29, 0.717) is 19.6 Å². The highest BCUT2D eigenvalue weighted by molar-refractivity contribution is 14.0. The maximum atomic E-state index is 5.24. The van der Waals surface area contributed by atoms with Crippen LogP contribution in [0.4, 0.5) is 0 Å². The number of rotatable bonds is 7. The van der Waals surface area contributed by atoms with Gasteiger partial charge in [-0.3, -0.25) is 4.99 Å². The maximum absolute atomic E-state index is 5.24. The number of hydrogen-bond donors (Lipinski definition) is 2. The average Bonchev–Trinajstić information content (AvgIpc) is 2.85. The maximum Gasteiger partial charge on any atom is 0.191 e. The van der Waals surface area contributed by atoms with E-state index >= 15 is 0 Å². The minimum Gasteiger partial charge on any atom is -0.469 e. The number of hydrogen-bond acceptors (Lipinski definition) is 2. The highest BCUT2D eigenvalue weighted by Gasteiger charge is 1.97. The molecule has 0 saturated heterocycles. The van der Waals surface area contributed by atoms with E-state index in [1.54, 1.807) is 18.4 Å². The first-order chi connectivity index (χ1) is 8.36. The second-order valence-corrected chi connectivity index (χ2v) is 3.40. The van der Waals surface area contributed by atoms with E-state index < -0.39 is 0 Å². The molecule has 0 aliphatic carbocycles. The summed E-state index contributed by atoms with van der Waals surface area (Å²) in [6.07, 6.45) is 6.04. The van der Waals surface area contributed by atoms with Gasteiger partial charge in [0.1, 0.15) is 5.76 Å². The van der Waals surface area contributed by atoms with Crippen LogP contribution in [0.2, 0.25) is 0 Å². The molecule has 0 fully saturated rings. The Morgan fingerprint density at radius 1 is 1.28 bits per heavy atom. The van der Waals surface area contributed by atoms with Crippen molar-refractivity contribution in [3.8, 4) is 0 Å². The van der Waals surface area contributed by atoms with E-state index in [-0.39, 0.29) is 24.0 Å². The summed E-state index contributed by atoms with van der Waals surface area (Å²) in [6, 6.07) is 3.83. The van der Waals surface area contributed by atoms with Crippen molar-refractivity contribution in [1.82, 2.24) is 10.6 Å². The van der Waals surface area contributed by atoms with Crippen molar-refractivity contribution in [1.29, 1.82) is 0 Å². The SMILES string of the molecule is C=CCNC(=NCCc1ccco1)NCC=C.I. The first kappa shape index (κ1) is 16.8. The zero-order valence-corrected chi connectivity index (χ0v) is 12.7. The molecular formula is C13H20IN3O. The molecule has 0 aromatic carbocycles. The summed E-state index contributed by atoms with van der Waals surface area (Å²) in [4.78, 5) is 4.41. The quantitative estimate of drug-likeness (QED) is 0.339. The monoisotopic (exact) mass is 361 g/mol. The number of furan rings is 1. The van der Waals surface area contributed by atoms with Gasteiger partial charge in [-0.05, 0) is 12.1 Å². The van der Waals surface area contributed by atoms with Crippen molar-refractivity contribution in [3.05, 3.63) is 49.5 Å². The minimum atomic E-state index is 0. The number of guanidine groups is 1. The van der Waals surface area contributed by atoms with Gasteiger partial charge < -0.3 is 15.1 Å². The smallest absolute Gasteiger partial charge is 0.191 e. The van der Waals surface area contributed by atoms with Gasteiger partial charge >= 0.3 is 0 Å². The highest BCUT2D eigenvalue weighted by Crippen LogP contribution is 2.00. The Morgan fingerprint density at radius 2 is 1.94 bits per heavy atom. The first-order valence-electron chi connectivity index (χ1n) is 5.63. The summed E-state index contributed by atoms with van der Waals surface area (Å²) >= 11 is 0. The predicted molar refractivity (Wildman–Crippen MR) is 86.5 cm³/mol. The Bertz CT molecular complexity index is 346. The largest absolute Gasteiger partial charge is 0.469 e. The zero-order valence-electron chi connectivity index (χ0n) is 10.4. The van der Waals surface area contributed by atoms with Crippen molar-refractivity contribution in [2.24, 2.45) is 4.99 Å². The Kier molecular flexibility index (Phi) is 10.1. The Labute approximate surface area is 125 Å². The van der Waals surface area contributed by atoms with Crippen LogP contribution < -0.4 is 10.6 Å². The summed E-state index contributed by atoms with van der Waals surface area (Å²) in [7, 11) is 0. The standard InChI is InChI=1S/C13H19N3O.HI/c1-3-8-14-13(15-9-4-2)16-10-7-12-6-5-11-17-12;/h3-6,11H,1-2,7-10H2,(H2,14,15,16);1H. The molecule has 1 rings (SSSR count). The van der Waals surface area contributed by atoms with E-state index in [1.165, 1.54) is 0 Å². The normalized spacial score (nSPS) is 8.89. The van der Waals surface area contributed by atoms with E-state index in [4.69, 9.17) is 4.42 Å². The second-order valence-electron chi connectivity index (χ2n) is 3.40. The fraction of sp³-hybridized carbons (Fsp3) is 0.308. The van der Waals surface area contributed by atoms with Crippen LogP contribution in [-0.4, -0.2) is 25.6 Å². The summed E-state index contributed by atoms with van der Waals surface area (Å²) < 4.78 is 5.24. The van der Waals surface area contributed by atoms with Crippen LogP contribution in [0.25, 0.3) is 0 Å². The summed E-state index contributed by atoms with van der Waals surface area (Å²) in [5, 5.41) is 6.25. The van der Waals surface area contributed by atoms with E-state index in [0.717, 1.165) is 18.1 Å². The van der Waals surface area contributed by atoms with E-state index in [2.05, 4.69) is 28.8 Å². The van der Waals surface area contributed by atoms with Crippen molar-refractivity contribution in [2.45, 2.75) is 6.42 Å². The molecule has 0 aliphatic rings. The van der Waals surface area contributed by atoms with Crippen molar-refractivity contribution < 1.29 is 4.42 Å². The fourth-order valence-electron chi connectivity index (χ4n) is 1.24. The van der Waals surface area contributed by atoms with Gasteiger partial charge in [0, 0.05) is 26.1 Å². The lowest BCUT2D eigenvalue weighted by Crippen LogP contribution is -2.37. The van der Waals surface area contributed by atoms with Gasteiger partial charge in [0.15, 0.2) is 5.96 Å². The van der Waals surface area contributed by atoms with E-state index in [1.807, 2.05) is 12.1 Å². The van der Waals surface area contributed by atoms with Gasteiger partial charge in [0.25, 0.3) is 0 Å². The average molecular weight is 361 g/mol. The molecular weight excluding hydrogens is 341 g/mol. The van der Waals surface area contributed by atoms with Crippen LogP contribution in [0.3, 0.4) is 0 Å². The van der Waals surface area contributed by atoms with Gasteiger partial charge in [0.2, 0.25) is 0 Å². The van der Waals surface area contributed by atoms with Crippen LogP contribution in [0.1, 0.15) is 5.76 Å². The van der Waals surface area contributed by atoms with Gasteiger partial charge in [-0.15, -0.1) is 37.1 Å². The van der Waals surface area contributed by atoms with Crippen molar-refractivity contribution >= 4 is 29.9 Å². The fourth-order valence-corrected chi connectivity index (χ4v) is 1.24. The summed E-state index contributed by atoms with van der Waals surface area (Å²) in [5.74, 6) is 1.71. The number of halogens is 1. The van der Waals surface area contributed by atoms with Crippen LogP contribution in [-0.2, 0) is 6.42 Å². The lowest BCUT2D eigenvalue weighted by molar-refractivity contribution is 0.511. The predicted octanol–water partition coefficient (Wildman–Crippen LogP) is 2.35. The number of nitrogens with zero attached hydrogens (tertiary/aromatic N) is 1.